The number of phenols is 2. The van der Waals surface area contributed by atoms with Gasteiger partial charge in [0.15, 0.2) is 11.5 Å². The molecule has 0 spiro atoms. The molecule has 5 heteroatoms. The fourth-order valence-electron chi connectivity index (χ4n) is 0.464. The van der Waals surface area contributed by atoms with Gasteiger partial charge in [0.2, 0.25) is 0 Å². The number of para-hydroxylation sites is 2. The summed E-state index contributed by atoms with van der Waals surface area (Å²) in [5.74, 6) is 4.01. The van der Waals surface area contributed by atoms with E-state index in [1.165, 1.54) is 12.1 Å². The maximum Gasteiger partial charge on any atom is 0.312 e. The Bertz CT molecular complexity index is 218. The first-order valence-electron chi connectivity index (χ1n) is 2.98. The molecule has 1 rings (SSSR count). The van der Waals surface area contributed by atoms with Crippen LogP contribution in [0.25, 0.3) is 0 Å². The first kappa shape index (κ1) is 10.2. The highest BCUT2D eigenvalue weighted by Gasteiger charge is 1.90. The lowest BCUT2D eigenvalue weighted by Gasteiger charge is -1.91. The predicted octanol–water partition coefficient (Wildman–Crippen LogP) is 0.131. The number of benzene rings is 1. The molecule has 4 N–H and O–H groups in total. The summed E-state index contributed by atoms with van der Waals surface area (Å²) >= 11 is 0. The number of carbonyl (C=O) groups is 1. The van der Waals surface area contributed by atoms with Crippen molar-refractivity contribution in [2.24, 2.45) is 5.90 Å². The molecule has 0 aliphatic heterocycles. The van der Waals surface area contributed by atoms with Gasteiger partial charge in [0.05, 0.1) is 0 Å². The largest absolute Gasteiger partial charge is 0.504 e. The van der Waals surface area contributed by atoms with E-state index < -0.39 is 0 Å². The smallest absolute Gasteiger partial charge is 0.312 e. The Morgan fingerprint density at radius 1 is 1.25 bits per heavy atom. The van der Waals surface area contributed by atoms with Crippen molar-refractivity contribution in [2.45, 2.75) is 0 Å². The zero-order valence-corrected chi connectivity index (χ0v) is 6.18. The predicted molar refractivity (Wildman–Crippen MR) is 41.1 cm³/mol. The van der Waals surface area contributed by atoms with E-state index in [9.17, 15) is 0 Å². The highest BCUT2D eigenvalue weighted by atomic mass is 16.6. The number of carbonyl (C=O) groups excluding carboxylic acids is 1. The van der Waals surface area contributed by atoms with Crippen LogP contribution in [0.3, 0.4) is 0 Å². The van der Waals surface area contributed by atoms with Crippen LogP contribution in [0.15, 0.2) is 24.3 Å². The van der Waals surface area contributed by atoms with Crippen LogP contribution in [0.1, 0.15) is 0 Å². The van der Waals surface area contributed by atoms with Crippen LogP contribution < -0.4 is 5.90 Å². The molecule has 0 saturated carbocycles. The molecule has 1 aromatic rings. The van der Waals surface area contributed by atoms with Gasteiger partial charge in [-0.3, -0.25) is 4.79 Å². The summed E-state index contributed by atoms with van der Waals surface area (Å²) in [5, 5.41) is 17.3. The number of hydrogen-bond donors (Lipinski definition) is 3. The van der Waals surface area contributed by atoms with E-state index in [1.807, 2.05) is 0 Å². The fourth-order valence-corrected chi connectivity index (χ4v) is 0.464. The molecular weight excluding hydrogens is 162 g/mol. The van der Waals surface area contributed by atoms with Gasteiger partial charge in [0.1, 0.15) is 0 Å². The second-order valence-corrected chi connectivity index (χ2v) is 1.72. The highest BCUT2D eigenvalue weighted by Crippen LogP contribution is 2.21. The van der Waals surface area contributed by atoms with Gasteiger partial charge in [-0.25, -0.2) is 0 Å². The van der Waals surface area contributed by atoms with E-state index in [-0.39, 0.29) is 18.0 Å². The Balaban J connectivity index is 0.000000261. The number of phenolic OH excluding ortho intramolecular Hbond substituents is 2. The molecule has 66 valence electrons. The molecule has 0 fully saturated rings. The third kappa shape index (κ3) is 4.13. The van der Waals surface area contributed by atoms with Gasteiger partial charge >= 0.3 is 6.47 Å². The summed E-state index contributed by atoms with van der Waals surface area (Å²) in [6, 6.07) is 6.15. The molecule has 0 heterocycles. The van der Waals surface area contributed by atoms with Crippen molar-refractivity contribution in [3.05, 3.63) is 24.3 Å². The minimum Gasteiger partial charge on any atom is -0.504 e. The lowest BCUT2D eigenvalue weighted by atomic mass is 10.3. The average molecular weight is 171 g/mol. The van der Waals surface area contributed by atoms with Crippen molar-refractivity contribution in [3.8, 4) is 11.5 Å². The van der Waals surface area contributed by atoms with Gasteiger partial charge in [0.25, 0.3) is 0 Å². The van der Waals surface area contributed by atoms with Crippen LogP contribution in [-0.2, 0) is 9.63 Å². The van der Waals surface area contributed by atoms with Crippen LogP contribution in [0.4, 0.5) is 0 Å². The quantitative estimate of drug-likeness (QED) is 0.317. The molecular formula is C7H9NO4. The normalized spacial score (nSPS) is 7.75. The Labute approximate surface area is 69.0 Å². The third-order valence-corrected chi connectivity index (χ3v) is 0.937. The third-order valence-electron chi connectivity index (χ3n) is 0.937. The maximum atomic E-state index is 8.83. The van der Waals surface area contributed by atoms with Crippen LogP contribution in [0.5, 0.6) is 11.5 Å². The molecule has 0 radical (unpaired) electrons. The minimum absolute atomic E-state index is 0.0764. The maximum absolute atomic E-state index is 8.83. The van der Waals surface area contributed by atoms with Gasteiger partial charge in [-0.1, -0.05) is 12.1 Å². The van der Waals surface area contributed by atoms with E-state index in [2.05, 4.69) is 10.7 Å². The molecule has 5 nitrogen and oxygen atoms in total. The van der Waals surface area contributed by atoms with Gasteiger partial charge in [-0.15, -0.1) is 0 Å². The lowest BCUT2D eigenvalue weighted by molar-refractivity contribution is -0.129. The summed E-state index contributed by atoms with van der Waals surface area (Å²) < 4.78 is 0. The van der Waals surface area contributed by atoms with Crippen molar-refractivity contribution >= 4 is 6.47 Å². The van der Waals surface area contributed by atoms with Crippen molar-refractivity contribution < 1.29 is 19.8 Å². The summed E-state index contributed by atoms with van der Waals surface area (Å²) in [6.45, 7) is 0.153. The summed E-state index contributed by atoms with van der Waals surface area (Å²) in [5.41, 5.74) is 0. The molecule has 1 aromatic carbocycles. The summed E-state index contributed by atoms with van der Waals surface area (Å²) in [6.07, 6.45) is 0. The first-order valence-corrected chi connectivity index (χ1v) is 2.98. The zero-order chi connectivity index (χ0) is 9.40. The molecule has 0 saturated heterocycles. The van der Waals surface area contributed by atoms with E-state index >= 15 is 0 Å². The Morgan fingerprint density at radius 3 is 1.75 bits per heavy atom. The van der Waals surface area contributed by atoms with Gasteiger partial charge < -0.3 is 15.1 Å². The van der Waals surface area contributed by atoms with Crippen molar-refractivity contribution in [1.29, 1.82) is 0 Å². The molecule has 0 bridgehead atoms. The SMILES string of the molecule is NOC=O.Oc1ccccc1O. The van der Waals surface area contributed by atoms with Gasteiger partial charge in [-0.2, -0.15) is 5.90 Å². The molecule has 0 aliphatic carbocycles. The number of nitrogens with two attached hydrogens (primary N) is 1. The lowest BCUT2D eigenvalue weighted by Crippen LogP contribution is -1.92. The number of hydrogen-bond acceptors (Lipinski definition) is 5. The van der Waals surface area contributed by atoms with Crippen molar-refractivity contribution in [2.75, 3.05) is 0 Å². The molecule has 0 amide bonds. The summed E-state index contributed by atoms with van der Waals surface area (Å²) in [7, 11) is 0. The van der Waals surface area contributed by atoms with Gasteiger partial charge in [-0.05, 0) is 12.1 Å². The monoisotopic (exact) mass is 171 g/mol. The Hall–Kier alpha value is -1.75. The van der Waals surface area contributed by atoms with E-state index in [0.29, 0.717) is 0 Å². The topological polar surface area (TPSA) is 92.8 Å². The van der Waals surface area contributed by atoms with Crippen LogP contribution >= 0.6 is 0 Å². The van der Waals surface area contributed by atoms with Gasteiger partial charge in [0, 0.05) is 0 Å². The minimum atomic E-state index is -0.0764. The van der Waals surface area contributed by atoms with Crippen molar-refractivity contribution in [1.82, 2.24) is 0 Å². The second-order valence-electron chi connectivity index (χ2n) is 1.72. The van der Waals surface area contributed by atoms with E-state index in [4.69, 9.17) is 15.0 Å². The van der Waals surface area contributed by atoms with Crippen LogP contribution in [-0.4, -0.2) is 16.7 Å². The van der Waals surface area contributed by atoms with Crippen LogP contribution in [0.2, 0.25) is 0 Å². The fraction of sp³-hybridized carbons (Fsp3) is 0. The molecule has 0 atom stereocenters. The summed E-state index contributed by atoms with van der Waals surface area (Å²) in [4.78, 5) is 12.2. The Morgan fingerprint density at radius 2 is 1.58 bits per heavy atom. The molecule has 0 unspecified atom stereocenters. The first-order chi connectivity index (χ1) is 5.72. The number of rotatable bonds is 1. The Kier molecular flexibility index (Phi) is 5.12. The van der Waals surface area contributed by atoms with Crippen LogP contribution in [0, 0.1) is 0 Å². The second kappa shape index (κ2) is 5.99. The van der Waals surface area contributed by atoms with E-state index in [0.717, 1.165) is 0 Å². The number of aromatic hydroxyl groups is 2. The molecule has 12 heavy (non-hydrogen) atoms. The van der Waals surface area contributed by atoms with Crippen molar-refractivity contribution in [3.63, 3.8) is 0 Å². The zero-order valence-electron chi connectivity index (χ0n) is 6.18. The highest BCUT2D eigenvalue weighted by molar-refractivity contribution is 5.36. The molecule has 0 aliphatic rings. The standard InChI is InChI=1S/C6H6O2.CH3NO2/c7-5-3-1-2-4-6(5)8;2-4-1-3/h1-4,7-8H;1H,2H2. The molecule has 0 aromatic heterocycles. The average Bonchev–Trinajstić information content (AvgIpc) is 2.11. The van der Waals surface area contributed by atoms with E-state index in [1.54, 1.807) is 12.1 Å².